The van der Waals surface area contributed by atoms with E-state index in [0.717, 1.165) is 65.2 Å². The van der Waals surface area contributed by atoms with Gasteiger partial charge in [-0.3, -0.25) is 20.0 Å². The van der Waals surface area contributed by atoms with Gasteiger partial charge in [0.2, 0.25) is 0 Å². The third kappa shape index (κ3) is 4.59. The number of fused-ring (bicyclic) bond motifs is 2. The van der Waals surface area contributed by atoms with Crippen molar-refractivity contribution in [1.82, 2.24) is 44.9 Å². The molecular formula is C27H28F2N10. The number of aromatic nitrogens is 7. The number of nitrogens with one attached hydrogen (secondary N) is 2. The molecule has 2 saturated heterocycles. The maximum absolute atomic E-state index is 13.6. The standard InChI is InChI=1S/C27H28F2N10/c1-37-6-8-39(9-7-37)22-14-31-13-21-23(22)34-26(33-21)25-24-20(35-36-25)3-2-19(32-24)18-10-17(11-30-12-18)15-38-5-4-27(28,29)16-38/h2-3,10-14H,4-9,15-16H2,1H3,(H,33,34)(H,35,36). The quantitative estimate of drug-likeness (QED) is 0.356. The van der Waals surface area contributed by atoms with Crippen LogP contribution >= 0.6 is 0 Å². The van der Waals surface area contributed by atoms with Gasteiger partial charge in [-0.15, -0.1) is 0 Å². The first-order valence-electron chi connectivity index (χ1n) is 13.1. The summed E-state index contributed by atoms with van der Waals surface area (Å²) in [4.78, 5) is 28.4. The van der Waals surface area contributed by atoms with E-state index in [2.05, 4.69) is 42.0 Å². The Kier molecular flexibility index (Phi) is 5.74. The smallest absolute Gasteiger partial charge is 0.261 e. The first-order chi connectivity index (χ1) is 18.9. The van der Waals surface area contributed by atoms with Crippen LogP contribution in [-0.4, -0.2) is 97.2 Å². The lowest BCUT2D eigenvalue weighted by molar-refractivity contribution is 0.0115. The zero-order valence-corrected chi connectivity index (χ0v) is 21.5. The monoisotopic (exact) mass is 530 g/mol. The summed E-state index contributed by atoms with van der Waals surface area (Å²) in [6, 6.07) is 5.80. The van der Waals surface area contributed by atoms with Gasteiger partial charge in [0.15, 0.2) is 11.5 Å². The molecule has 2 fully saturated rings. The highest BCUT2D eigenvalue weighted by atomic mass is 19.3. The van der Waals surface area contributed by atoms with Gasteiger partial charge in [-0.25, -0.2) is 18.7 Å². The van der Waals surface area contributed by atoms with Crippen LogP contribution in [0.15, 0.2) is 43.0 Å². The predicted octanol–water partition coefficient (Wildman–Crippen LogP) is 3.55. The molecule has 39 heavy (non-hydrogen) atoms. The van der Waals surface area contributed by atoms with Gasteiger partial charge < -0.3 is 14.8 Å². The van der Waals surface area contributed by atoms with Gasteiger partial charge in [0.05, 0.1) is 41.4 Å². The molecule has 0 atom stereocenters. The number of hydrogen-bond donors (Lipinski definition) is 2. The Morgan fingerprint density at radius 1 is 0.923 bits per heavy atom. The second-order valence-electron chi connectivity index (χ2n) is 10.5. The topological polar surface area (TPSA) is 106 Å². The summed E-state index contributed by atoms with van der Waals surface area (Å²) in [5, 5.41) is 7.59. The van der Waals surface area contributed by atoms with E-state index in [4.69, 9.17) is 9.97 Å². The van der Waals surface area contributed by atoms with Gasteiger partial charge in [-0.1, -0.05) is 0 Å². The molecule has 0 radical (unpaired) electrons. The number of aromatic amines is 2. The van der Waals surface area contributed by atoms with Crippen LogP contribution in [0.5, 0.6) is 0 Å². The van der Waals surface area contributed by atoms with Gasteiger partial charge in [0, 0.05) is 63.6 Å². The van der Waals surface area contributed by atoms with E-state index in [9.17, 15) is 8.78 Å². The molecular weight excluding hydrogens is 502 g/mol. The number of anilines is 1. The minimum Gasteiger partial charge on any atom is -0.366 e. The van der Waals surface area contributed by atoms with E-state index in [-0.39, 0.29) is 13.0 Å². The van der Waals surface area contributed by atoms with Crippen molar-refractivity contribution in [2.24, 2.45) is 0 Å². The van der Waals surface area contributed by atoms with Crippen molar-refractivity contribution in [3.63, 3.8) is 0 Å². The van der Waals surface area contributed by atoms with Crippen molar-refractivity contribution in [1.29, 1.82) is 0 Å². The van der Waals surface area contributed by atoms with Gasteiger partial charge in [-0.05, 0) is 30.8 Å². The van der Waals surface area contributed by atoms with Crippen LogP contribution in [0.4, 0.5) is 14.5 Å². The Balaban J connectivity index is 1.21. The van der Waals surface area contributed by atoms with Crippen LogP contribution in [-0.2, 0) is 6.54 Å². The number of hydrogen-bond acceptors (Lipinski definition) is 8. The Morgan fingerprint density at radius 3 is 2.59 bits per heavy atom. The number of nitrogens with zero attached hydrogens (tertiary/aromatic N) is 8. The average Bonchev–Trinajstić information content (AvgIpc) is 3.64. The van der Waals surface area contributed by atoms with Crippen LogP contribution < -0.4 is 4.90 Å². The lowest BCUT2D eigenvalue weighted by atomic mass is 10.1. The molecule has 0 bridgehead atoms. The largest absolute Gasteiger partial charge is 0.366 e. The Labute approximate surface area is 223 Å². The van der Waals surface area contributed by atoms with Gasteiger partial charge >= 0.3 is 0 Å². The molecule has 7 heterocycles. The number of rotatable bonds is 5. The van der Waals surface area contributed by atoms with E-state index in [1.54, 1.807) is 23.5 Å². The maximum Gasteiger partial charge on any atom is 0.261 e. The SMILES string of the molecule is CN1CCN(c2cncc3[nH]c(-c4n[nH]c5ccc(-c6cncc(CN7CCC(F)(F)C7)c6)nc45)nc23)CC1. The zero-order valence-electron chi connectivity index (χ0n) is 21.5. The van der Waals surface area contributed by atoms with Crippen molar-refractivity contribution in [3.8, 4) is 22.8 Å². The Morgan fingerprint density at radius 2 is 1.77 bits per heavy atom. The van der Waals surface area contributed by atoms with E-state index in [0.29, 0.717) is 30.1 Å². The number of halogens is 2. The zero-order chi connectivity index (χ0) is 26.6. The minimum atomic E-state index is -2.62. The normalized spacial score (nSPS) is 18.5. The van der Waals surface area contributed by atoms with E-state index < -0.39 is 5.92 Å². The Hall–Kier alpha value is -4.03. The average molecular weight is 531 g/mol. The lowest BCUT2D eigenvalue weighted by Crippen LogP contribution is -2.44. The molecule has 7 rings (SSSR count). The third-order valence-corrected chi connectivity index (χ3v) is 7.60. The molecule has 0 saturated carbocycles. The van der Waals surface area contributed by atoms with Gasteiger partial charge in [0.25, 0.3) is 5.92 Å². The van der Waals surface area contributed by atoms with Crippen molar-refractivity contribution >= 4 is 27.8 Å². The minimum absolute atomic E-state index is 0.101. The molecule has 0 unspecified atom stereocenters. The van der Waals surface area contributed by atoms with Crippen molar-refractivity contribution < 1.29 is 8.78 Å². The molecule has 0 spiro atoms. The van der Waals surface area contributed by atoms with Crippen LogP contribution in [0.2, 0.25) is 0 Å². The van der Waals surface area contributed by atoms with Gasteiger partial charge in [-0.2, -0.15) is 5.10 Å². The maximum atomic E-state index is 13.6. The molecule has 0 aromatic carbocycles. The van der Waals surface area contributed by atoms with Crippen molar-refractivity contribution in [2.45, 2.75) is 18.9 Å². The molecule has 200 valence electrons. The van der Waals surface area contributed by atoms with Gasteiger partial charge in [0.1, 0.15) is 11.0 Å². The molecule has 5 aromatic rings. The van der Waals surface area contributed by atoms with Crippen molar-refractivity contribution in [2.75, 3.05) is 51.2 Å². The summed E-state index contributed by atoms with van der Waals surface area (Å²) in [5.74, 6) is -2.00. The summed E-state index contributed by atoms with van der Waals surface area (Å²) in [5.41, 5.74) is 7.23. The number of alkyl halides is 2. The molecule has 0 amide bonds. The lowest BCUT2D eigenvalue weighted by Gasteiger charge is -2.33. The highest BCUT2D eigenvalue weighted by molar-refractivity contribution is 5.94. The number of likely N-dealkylation sites (N-methyl/N-ethyl adjacent to an activating group) is 1. The fraction of sp³-hybridized carbons (Fsp3) is 0.370. The second kappa shape index (κ2) is 9.31. The number of likely N-dealkylation sites (tertiary alicyclic amines) is 1. The molecule has 10 nitrogen and oxygen atoms in total. The predicted molar refractivity (Wildman–Crippen MR) is 145 cm³/mol. The summed E-state index contributed by atoms with van der Waals surface area (Å²) in [6.07, 6.45) is 7.02. The highest BCUT2D eigenvalue weighted by Crippen LogP contribution is 2.32. The first kappa shape index (κ1) is 24.0. The molecule has 2 aliphatic rings. The summed E-state index contributed by atoms with van der Waals surface area (Å²) < 4.78 is 27.3. The summed E-state index contributed by atoms with van der Waals surface area (Å²) in [7, 11) is 2.13. The van der Waals surface area contributed by atoms with Crippen molar-refractivity contribution in [3.05, 3.63) is 48.5 Å². The second-order valence-corrected chi connectivity index (χ2v) is 10.5. The van der Waals surface area contributed by atoms with E-state index in [1.807, 2.05) is 24.4 Å². The first-order valence-corrected chi connectivity index (χ1v) is 13.1. The van der Waals surface area contributed by atoms with E-state index >= 15 is 0 Å². The number of piperazine rings is 1. The highest BCUT2D eigenvalue weighted by Gasteiger charge is 2.38. The number of H-pyrrole nitrogens is 2. The van der Waals surface area contributed by atoms with E-state index in [1.165, 1.54) is 0 Å². The number of pyridine rings is 3. The fourth-order valence-corrected chi connectivity index (χ4v) is 5.45. The third-order valence-electron chi connectivity index (χ3n) is 7.60. The molecule has 12 heteroatoms. The molecule has 5 aromatic heterocycles. The fourth-order valence-electron chi connectivity index (χ4n) is 5.45. The van der Waals surface area contributed by atoms with Crippen LogP contribution in [0, 0.1) is 0 Å². The summed E-state index contributed by atoms with van der Waals surface area (Å²) in [6.45, 7) is 4.41. The van der Waals surface area contributed by atoms with Crippen LogP contribution in [0.25, 0.3) is 44.8 Å². The number of imidazole rings is 1. The summed E-state index contributed by atoms with van der Waals surface area (Å²) >= 11 is 0. The Bertz CT molecular complexity index is 1650. The molecule has 0 aliphatic carbocycles. The van der Waals surface area contributed by atoms with Crippen LogP contribution in [0.3, 0.4) is 0 Å². The molecule has 2 aliphatic heterocycles. The molecule has 2 N–H and O–H groups in total. The van der Waals surface area contributed by atoms with Crippen LogP contribution in [0.1, 0.15) is 12.0 Å².